The third-order valence-electron chi connectivity index (χ3n) is 4.07. The topological polar surface area (TPSA) is 35.5 Å². The lowest BCUT2D eigenvalue weighted by Crippen LogP contribution is -2.37. The predicted molar refractivity (Wildman–Crippen MR) is 80.9 cm³/mol. The number of nitrogens with zero attached hydrogens (tertiary/aromatic N) is 1. The predicted octanol–water partition coefficient (Wildman–Crippen LogP) is 2.83. The molecule has 1 aromatic rings. The van der Waals surface area contributed by atoms with Gasteiger partial charge in [-0.1, -0.05) is 17.7 Å². The van der Waals surface area contributed by atoms with Crippen molar-refractivity contribution >= 4 is 17.3 Å². The Morgan fingerprint density at radius 2 is 2.16 bits per heavy atom. The highest BCUT2D eigenvalue weighted by atomic mass is 35.5. The largest absolute Gasteiger partial charge is 0.393 e. The minimum atomic E-state index is -0.0826. The Morgan fingerprint density at radius 3 is 2.68 bits per heavy atom. The van der Waals surface area contributed by atoms with Crippen molar-refractivity contribution < 1.29 is 5.11 Å². The van der Waals surface area contributed by atoms with Gasteiger partial charge in [0.25, 0.3) is 0 Å². The molecule has 0 amide bonds. The lowest BCUT2D eigenvalue weighted by atomic mass is 9.82. The van der Waals surface area contributed by atoms with E-state index in [1.807, 2.05) is 13.1 Å². The second kappa shape index (κ2) is 6.12. The van der Waals surface area contributed by atoms with Crippen LogP contribution in [0.2, 0.25) is 5.02 Å². The third kappa shape index (κ3) is 3.41. The average molecular weight is 283 g/mol. The number of rotatable bonds is 5. The Balaban J connectivity index is 2.02. The summed E-state index contributed by atoms with van der Waals surface area (Å²) in [6.07, 6.45) is 1.76. The van der Waals surface area contributed by atoms with Gasteiger partial charge >= 0.3 is 0 Å². The molecule has 2 N–H and O–H groups in total. The van der Waals surface area contributed by atoms with E-state index in [1.54, 1.807) is 0 Å². The first-order valence-corrected chi connectivity index (χ1v) is 7.25. The summed E-state index contributed by atoms with van der Waals surface area (Å²) in [4.78, 5) is 2.22. The molecule has 0 aliphatic heterocycles. The van der Waals surface area contributed by atoms with Crippen LogP contribution in [0.15, 0.2) is 18.2 Å². The second-order valence-electron chi connectivity index (χ2n) is 5.59. The van der Waals surface area contributed by atoms with E-state index in [2.05, 4.69) is 36.3 Å². The van der Waals surface area contributed by atoms with Crippen LogP contribution >= 0.6 is 11.6 Å². The van der Waals surface area contributed by atoms with Crippen LogP contribution in [0.1, 0.15) is 31.4 Å². The van der Waals surface area contributed by atoms with Crippen molar-refractivity contribution in [3.63, 3.8) is 0 Å². The Morgan fingerprint density at radius 1 is 1.47 bits per heavy atom. The Hall–Kier alpha value is -0.770. The van der Waals surface area contributed by atoms with E-state index in [1.165, 1.54) is 0 Å². The number of nitrogens with one attached hydrogen (secondary N) is 1. The van der Waals surface area contributed by atoms with Gasteiger partial charge in [-0.3, -0.25) is 0 Å². The molecule has 1 atom stereocenters. The molecule has 1 fully saturated rings. The number of hydrogen-bond donors (Lipinski definition) is 2. The molecule has 1 aliphatic rings. The molecule has 4 heteroatoms. The average Bonchev–Trinajstić information content (AvgIpc) is 2.35. The van der Waals surface area contributed by atoms with Gasteiger partial charge < -0.3 is 15.3 Å². The summed E-state index contributed by atoms with van der Waals surface area (Å²) >= 11 is 6.35. The molecule has 106 valence electrons. The minimum absolute atomic E-state index is 0.0826. The zero-order valence-electron chi connectivity index (χ0n) is 11.9. The van der Waals surface area contributed by atoms with Crippen molar-refractivity contribution in [3.05, 3.63) is 28.8 Å². The highest BCUT2D eigenvalue weighted by Gasteiger charge is 2.28. The van der Waals surface area contributed by atoms with Crippen molar-refractivity contribution in [1.29, 1.82) is 0 Å². The van der Waals surface area contributed by atoms with Crippen LogP contribution in [-0.4, -0.2) is 31.9 Å². The van der Waals surface area contributed by atoms with Crippen LogP contribution in [0, 0.1) is 5.92 Å². The Labute approximate surface area is 120 Å². The molecule has 0 spiro atoms. The molecule has 0 aromatic heterocycles. The van der Waals surface area contributed by atoms with Gasteiger partial charge in [0.2, 0.25) is 0 Å². The van der Waals surface area contributed by atoms with Gasteiger partial charge in [0.05, 0.1) is 6.10 Å². The van der Waals surface area contributed by atoms with Gasteiger partial charge in [-0.05, 0) is 50.4 Å². The van der Waals surface area contributed by atoms with Gasteiger partial charge in [-0.2, -0.15) is 0 Å². The maximum absolute atomic E-state index is 9.32. The highest BCUT2D eigenvalue weighted by molar-refractivity contribution is 6.31. The molecular formula is C15H23ClN2O. The van der Waals surface area contributed by atoms with Gasteiger partial charge in [0, 0.05) is 30.3 Å². The van der Waals surface area contributed by atoms with E-state index in [4.69, 9.17) is 11.6 Å². The van der Waals surface area contributed by atoms with Crippen molar-refractivity contribution in [2.45, 2.75) is 31.9 Å². The van der Waals surface area contributed by atoms with Crippen LogP contribution in [0.3, 0.4) is 0 Å². The molecule has 1 saturated carbocycles. The summed E-state index contributed by atoms with van der Waals surface area (Å²) in [5.74, 6) is 0.606. The SMILES string of the molecule is CNC(C)c1ccc(N(C)CC2CC(O)C2)cc1Cl. The summed E-state index contributed by atoms with van der Waals surface area (Å²) in [6, 6.07) is 6.49. The molecule has 0 radical (unpaired) electrons. The summed E-state index contributed by atoms with van der Waals surface area (Å²) in [5.41, 5.74) is 2.26. The van der Waals surface area contributed by atoms with E-state index in [0.29, 0.717) is 5.92 Å². The quantitative estimate of drug-likeness (QED) is 0.872. The highest BCUT2D eigenvalue weighted by Crippen LogP contribution is 2.31. The van der Waals surface area contributed by atoms with Gasteiger partial charge in [-0.25, -0.2) is 0 Å². The van der Waals surface area contributed by atoms with E-state index in [9.17, 15) is 5.11 Å². The number of halogens is 1. The standard InChI is InChI=1S/C15H23ClN2O/c1-10(17-2)14-5-4-12(8-15(14)16)18(3)9-11-6-13(19)7-11/h4-5,8,10-11,13,17,19H,6-7,9H2,1-3H3. The molecule has 0 saturated heterocycles. The molecule has 3 nitrogen and oxygen atoms in total. The van der Waals surface area contributed by atoms with Gasteiger partial charge in [-0.15, -0.1) is 0 Å². The van der Waals surface area contributed by atoms with Gasteiger partial charge in [0.1, 0.15) is 0 Å². The first-order chi connectivity index (χ1) is 9.01. The molecule has 1 aromatic carbocycles. The molecule has 1 aliphatic carbocycles. The van der Waals surface area contributed by atoms with Crippen LogP contribution in [-0.2, 0) is 0 Å². The fourth-order valence-corrected chi connectivity index (χ4v) is 2.94. The second-order valence-corrected chi connectivity index (χ2v) is 6.00. The summed E-state index contributed by atoms with van der Waals surface area (Å²) in [7, 11) is 4.01. The zero-order valence-corrected chi connectivity index (χ0v) is 12.6. The minimum Gasteiger partial charge on any atom is -0.393 e. The third-order valence-corrected chi connectivity index (χ3v) is 4.39. The summed E-state index contributed by atoms with van der Waals surface area (Å²) < 4.78 is 0. The normalized spacial score (nSPS) is 23.8. The lowest BCUT2D eigenvalue weighted by molar-refractivity contribution is 0.0465. The first kappa shape index (κ1) is 14.6. The van der Waals surface area contributed by atoms with Crippen LogP contribution in [0.4, 0.5) is 5.69 Å². The molecule has 2 rings (SSSR count). The number of anilines is 1. The molecule has 19 heavy (non-hydrogen) atoms. The van der Waals surface area contributed by atoms with Crippen molar-refractivity contribution in [3.8, 4) is 0 Å². The first-order valence-electron chi connectivity index (χ1n) is 6.87. The smallest absolute Gasteiger partial charge is 0.0546 e. The Kier molecular flexibility index (Phi) is 4.71. The zero-order chi connectivity index (χ0) is 14.0. The molecular weight excluding hydrogens is 260 g/mol. The molecule has 1 unspecified atom stereocenters. The number of hydrogen-bond acceptors (Lipinski definition) is 3. The molecule has 0 bridgehead atoms. The van der Waals surface area contributed by atoms with Crippen molar-refractivity contribution in [2.75, 3.05) is 25.5 Å². The van der Waals surface area contributed by atoms with Crippen molar-refractivity contribution in [2.24, 2.45) is 5.92 Å². The van der Waals surface area contributed by atoms with Crippen LogP contribution < -0.4 is 10.2 Å². The summed E-state index contributed by atoms with van der Waals surface area (Å²) in [6.45, 7) is 3.08. The van der Waals surface area contributed by atoms with Crippen LogP contribution in [0.5, 0.6) is 0 Å². The Bertz CT molecular complexity index is 432. The molecule has 0 heterocycles. The monoisotopic (exact) mass is 282 g/mol. The number of aliphatic hydroxyl groups excluding tert-OH is 1. The lowest BCUT2D eigenvalue weighted by Gasteiger charge is -2.35. The summed E-state index contributed by atoms with van der Waals surface area (Å²) in [5, 5.41) is 13.3. The van der Waals surface area contributed by atoms with Crippen molar-refractivity contribution in [1.82, 2.24) is 5.32 Å². The fraction of sp³-hybridized carbons (Fsp3) is 0.600. The van der Waals surface area contributed by atoms with Gasteiger partial charge in [0.15, 0.2) is 0 Å². The maximum atomic E-state index is 9.32. The van der Waals surface area contributed by atoms with E-state index < -0.39 is 0 Å². The number of benzene rings is 1. The van der Waals surface area contributed by atoms with E-state index in [-0.39, 0.29) is 12.1 Å². The fourth-order valence-electron chi connectivity index (χ4n) is 2.60. The van der Waals surface area contributed by atoms with E-state index >= 15 is 0 Å². The van der Waals surface area contributed by atoms with E-state index in [0.717, 1.165) is 35.7 Å². The van der Waals surface area contributed by atoms with Crippen LogP contribution in [0.25, 0.3) is 0 Å². The maximum Gasteiger partial charge on any atom is 0.0546 e. The number of aliphatic hydroxyl groups is 1.